The van der Waals surface area contributed by atoms with Crippen molar-refractivity contribution >= 4 is 5.91 Å². The van der Waals surface area contributed by atoms with Gasteiger partial charge in [-0.25, -0.2) is 0 Å². The van der Waals surface area contributed by atoms with Gasteiger partial charge >= 0.3 is 0 Å². The van der Waals surface area contributed by atoms with Crippen LogP contribution in [0.15, 0.2) is 42.5 Å². The van der Waals surface area contributed by atoms with Crippen molar-refractivity contribution in [3.8, 4) is 5.75 Å². The van der Waals surface area contributed by atoms with Gasteiger partial charge in [-0.2, -0.15) is 0 Å². The van der Waals surface area contributed by atoms with E-state index in [1.54, 1.807) is 0 Å². The van der Waals surface area contributed by atoms with E-state index in [4.69, 9.17) is 4.74 Å². The van der Waals surface area contributed by atoms with Crippen LogP contribution in [0.5, 0.6) is 5.75 Å². The lowest BCUT2D eigenvalue weighted by Gasteiger charge is -2.18. The molecule has 0 spiro atoms. The smallest absolute Gasteiger partial charge is 0.261 e. The van der Waals surface area contributed by atoms with Gasteiger partial charge in [0, 0.05) is 6.54 Å². The van der Waals surface area contributed by atoms with Gasteiger partial charge in [-0.05, 0) is 55.0 Å². The molecule has 1 atom stereocenters. The van der Waals surface area contributed by atoms with E-state index in [0.29, 0.717) is 13.0 Å². The van der Waals surface area contributed by atoms with Crippen LogP contribution in [0.1, 0.15) is 49.4 Å². The first-order valence-electron chi connectivity index (χ1n) is 9.19. The average molecular weight is 339 g/mol. The Morgan fingerprint density at radius 1 is 1.00 bits per heavy atom. The summed E-state index contributed by atoms with van der Waals surface area (Å²) in [7, 11) is 0. The summed E-state index contributed by atoms with van der Waals surface area (Å²) in [5.74, 6) is 0.668. The summed E-state index contributed by atoms with van der Waals surface area (Å²) in [6.07, 6.45) is 2.13. The summed E-state index contributed by atoms with van der Waals surface area (Å²) < 4.78 is 5.86. The Labute approximate surface area is 151 Å². The Morgan fingerprint density at radius 2 is 1.72 bits per heavy atom. The largest absolute Gasteiger partial charge is 0.481 e. The molecule has 0 radical (unpaired) electrons. The van der Waals surface area contributed by atoms with E-state index >= 15 is 0 Å². The van der Waals surface area contributed by atoms with Crippen molar-refractivity contribution in [2.45, 2.75) is 59.6 Å². The molecule has 0 bridgehead atoms. The van der Waals surface area contributed by atoms with E-state index in [1.165, 1.54) is 22.3 Å². The molecule has 1 unspecified atom stereocenters. The SMILES string of the molecule is CCc1ccc(CC)c(CNC(=O)C(CC)Oc2ccc(C)cc2)c1. The number of nitrogens with one attached hydrogen (secondary N) is 1. The Morgan fingerprint density at radius 3 is 2.32 bits per heavy atom. The number of hydrogen-bond acceptors (Lipinski definition) is 2. The third-order valence-electron chi connectivity index (χ3n) is 4.48. The topological polar surface area (TPSA) is 38.3 Å². The van der Waals surface area contributed by atoms with Crippen LogP contribution in [0.4, 0.5) is 0 Å². The first kappa shape index (κ1) is 19.0. The van der Waals surface area contributed by atoms with E-state index < -0.39 is 6.10 Å². The number of aryl methyl sites for hydroxylation is 3. The lowest BCUT2D eigenvalue weighted by molar-refractivity contribution is -0.128. The van der Waals surface area contributed by atoms with Crippen LogP contribution in [-0.2, 0) is 24.2 Å². The second kappa shape index (κ2) is 9.26. The lowest BCUT2D eigenvalue weighted by atomic mass is 10.0. The molecule has 3 heteroatoms. The van der Waals surface area contributed by atoms with Gasteiger partial charge in [0.2, 0.25) is 0 Å². The second-order valence-electron chi connectivity index (χ2n) is 6.36. The van der Waals surface area contributed by atoms with E-state index in [2.05, 4.69) is 37.4 Å². The van der Waals surface area contributed by atoms with Gasteiger partial charge in [-0.15, -0.1) is 0 Å². The van der Waals surface area contributed by atoms with Crippen LogP contribution < -0.4 is 10.1 Å². The molecule has 0 aromatic heterocycles. The minimum Gasteiger partial charge on any atom is -0.481 e. The highest BCUT2D eigenvalue weighted by Gasteiger charge is 2.18. The zero-order valence-electron chi connectivity index (χ0n) is 15.8. The molecule has 3 nitrogen and oxygen atoms in total. The van der Waals surface area contributed by atoms with Crippen LogP contribution in [0.3, 0.4) is 0 Å². The Kier molecular flexibility index (Phi) is 7.05. The molecule has 0 heterocycles. The Hall–Kier alpha value is -2.29. The van der Waals surface area contributed by atoms with E-state index in [1.807, 2.05) is 38.1 Å². The summed E-state index contributed by atoms with van der Waals surface area (Å²) in [5.41, 5.74) is 4.95. The van der Waals surface area contributed by atoms with Gasteiger partial charge in [-0.3, -0.25) is 4.79 Å². The minimum absolute atomic E-state index is 0.0629. The lowest BCUT2D eigenvalue weighted by Crippen LogP contribution is -2.37. The van der Waals surface area contributed by atoms with Crippen LogP contribution in [-0.4, -0.2) is 12.0 Å². The quantitative estimate of drug-likeness (QED) is 0.763. The van der Waals surface area contributed by atoms with Gasteiger partial charge < -0.3 is 10.1 Å². The third-order valence-corrected chi connectivity index (χ3v) is 4.48. The zero-order valence-corrected chi connectivity index (χ0v) is 15.8. The van der Waals surface area contributed by atoms with Crippen molar-refractivity contribution in [3.63, 3.8) is 0 Å². The fourth-order valence-electron chi connectivity index (χ4n) is 2.81. The first-order chi connectivity index (χ1) is 12.1. The normalized spacial score (nSPS) is 11.8. The molecule has 25 heavy (non-hydrogen) atoms. The van der Waals surface area contributed by atoms with E-state index in [9.17, 15) is 4.79 Å². The van der Waals surface area contributed by atoms with Gasteiger partial charge in [-0.1, -0.05) is 56.7 Å². The average Bonchev–Trinajstić information content (AvgIpc) is 2.65. The monoisotopic (exact) mass is 339 g/mol. The predicted molar refractivity (Wildman–Crippen MR) is 103 cm³/mol. The maximum atomic E-state index is 12.5. The van der Waals surface area contributed by atoms with Crippen molar-refractivity contribution < 1.29 is 9.53 Å². The summed E-state index contributed by atoms with van der Waals surface area (Å²) in [6, 6.07) is 14.3. The zero-order chi connectivity index (χ0) is 18.2. The molecule has 2 aromatic rings. The highest BCUT2D eigenvalue weighted by Crippen LogP contribution is 2.16. The third kappa shape index (κ3) is 5.35. The molecular formula is C22H29NO2. The van der Waals surface area contributed by atoms with Crippen molar-refractivity contribution in [2.75, 3.05) is 0 Å². The van der Waals surface area contributed by atoms with Gasteiger partial charge in [0.05, 0.1) is 0 Å². The van der Waals surface area contributed by atoms with Crippen LogP contribution in [0.2, 0.25) is 0 Å². The first-order valence-corrected chi connectivity index (χ1v) is 9.19. The van der Waals surface area contributed by atoms with Crippen LogP contribution in [0.25, 0.3) is 0 Å². The summed E-state index contributed by atoms with van der Waals surface area (Å²) >= 11 is 0. The standard InChI is InChI=1S/C22H29NO2/c1-5-17-10-11-18(6-2)19(14-17)15-23-22(24)21(7-3)25-20-12-8-16(4)9-13-20/h8-14,21H,5-7,15H2,1-4H3,(H,23,24). The van der Waals surface area contributed by atoms with Crippen molar-refractivity contribution in [2.24, 2.45) is 0 Å². The highest BCUT2D eigenvalue weighted by atomic mass is 16.5. The molecule has 1 amide bonds. The van der Waals surface area contributed by atoms with Crippen molar-refractivity contribution in [1.82, 2.24) is 5.32 Å². The van der Waals surface area contributed by atoms with Crippen LogP contribution >= 0.6 is 0 Å². The molecule has 0 fully saturated rings. The number of carbonyl (C=O) groups is 1. The Bertz CT molecular complexity index is 692. The van der Waals surface area contributed by atoms with E-state index in [0.717, 1.165) is 18.6 Å². The molecule has 0 saturated carbocycles. The number of benzene rings is 2. The molecule has 134 valence electrons. The van der Waals surface area contributed by atoms with E-state index in [-0.39, 0.29) is 5.91 Å². The summed E-state index contributed by atoms with van der Waals surface area (Å²) in [6.45, 7) is 8.83. The summed E-state index contributed by atoms with van der Waals surface area (Å²) in [4.78, 5) is 12.5. The fraction of sp³-hybridized carbons (Fsp3) is 0.409. The van der Waals surface area contributed by atoms with Crippen molar-refractivity contribution in [3.05, 3.63) is 64.7 Å². The second-order valence-corrected chi connectivity index (χ2v) is 6.36. The number of carbonyl (C=O) groups excluding carboxylic acids is 1. The van der Waals surface area contributed by atoms with Gasteiger partial charge in [0.15, 0.2) is 6.10 Å². The maximum Gasteiger partial charge on any atom is 0.261 e. The molecule has 2 aromatic carbocycles. The number of hydrogen-bond donors (Lipinski definition) is 1. The van der Waals surface area contributed by atoms with Crippen LogP contribution in [0, 0.1) is 6.92 Å². The Balaban J connectivity index is 2.01. The number of amides is 1. The molecule has 0 aliphatic heterocycles. The highest BCUT2D eigenvalue weighted by molar-refractivity contribution is 5.81. The summed E-state index contributed by atoms with van der Waals surface area (Å²) in [5, 5.41) is 3.04. The fourth-order valence-corrected chi connectivity index (χ4v) is 2.81. The minimum atomic E-state index is -0.470. The molecule has 2 rings (SSSR count). The predicted octanol–water partition coefficient (Wildman–Crippen LogP) is 4.59. The number of rotatable bonds is 8. The van der Waals surface area contributed by atoms with Gasteiger partial charge in [0.1, 0.15) is 5.75 Å². The molecular weight excluding hydrogens is 310 g/mol. The van der Waals surface area contributed by atoms with Crippen molar-refractivity contribution in [1.29, 1.82) is 0 Å². The maximum absolute atomic E-state index is 12.5. The molecule has 1 N–H and O–H groups in total. The molecule has 0 saturated heterocycles. The molecule has 0 aliphatic rings. The molecule has 0 aliphatic carbocycles. The number of ether oxygens (including phenoxy) is 1. The van der Waals surface area contributed by atoms with Gasteiger partial charge in [0.25, 0.3) is 5.91 Å².